The van der Waals surface area contributed by atoms with Crippen LogP contribution < -0.4 is 10.5 Å². The Morgan fingerprint density at radius 1 is 1.35 bits per heavy atom. The van der Waals surface area contributed by atoms with Crippen LogP contribution in [0.4, 0.5) is 0 Å². The monoisotopic (exact) mass is 314 g/mol. The van der Waals surface area contributed by atoms with E-state index in [2.05, 4.69) is 16.6 Å². The van der Waals surface area contributed by atoms with Gasteiger partial charge in [0.1, 0.15) is 0 Å². The maximum absolute atomic E-state index is 12.0. The van der Waals surface area contributed by atoms with Gasteiger partial charge in [0.05, 0.1) is 11.4 Å². The molecule has 20 heavy (non-hydrogen) atoms. The molecular formula is C13H18N2O3S2. The van der Waals surface area contributed by atoms with E-state index in [-0.39, 0.29) is 23.2 Å². The Bertz CT molecular complexity index is 628. The summed E-state index contributed by atoms with van der Waals surface area (Å²) in [4.78, 5) is 0.157. The fourth-order valence-corrected chi connectivity index (χ4v) is 2.85. The minimum Gasteiger partial charge on any atom is -0.320 e. The molecule has 5 nitrogen and oxygen atoms in total. The molecule has 110 valence electrons. The van der Waals surface area contributed by atoms with Gasteiger partial charge in [0.15, 0.2) is 0 Å². The molecule has 2 atom stereocenters. The quantitative estimate of drug-likeness (QED) is 0.751. The minimum absolute atomic E-state index is 0.139. The first-order valence-corrected chi connectivity index (χ1v) is 9.08. The zero-order valence-corrected chi connectivity index (χ0v) is 13.1. The molecule has 0 fully saturated rings. The molecular weight excluding hydrogens is 296 g/mol. The predicted octanol–water partition coefficient (Wildman–Crippen LogP) is 0.0421. The van der Waals surface area contributed by atoms with E-state index in [9.17, 15) is 12.6 Å². The molecule has 0 spiro atoms. The van der Waals surface area contributed by atoms with Crippen LogP contribution in [0.2, 0.25) is 0 Å². The van der Waals surface area contributed by atoms with E-state index in [1.807, 2.05) is 0 Å². The highest BCUT2D eigenvalue weighted by Crippen LogP contribution is 2.10. The number of nitrogens with one attached hydrogen (secondary N) is 1. The number of hydrogen-bond acceptors (Lipinski definition) is 4. The molecule has 1 aromatic carbocycles. The van der Waals surface area contributed by atoms with Gasteiger partial charge < -0.3 is 5.73 Å². The van der Waals surface area contributed by atoms with E-state index in [1.165, 1.54) is 12.1 Å². The van der Waals surface area contributed by atoms with Crippen molar-refractivity contribution in [2.24, 2.45) is 5.73 Å². The van der Waals surface area contributed by atoms with Crippen molar-refractivity contribution in [1.82, 2.24) is 4.72 Å². The molecule has 3 N–H and O–H groups in total. The van der Waals surface area contributed by atoms with Gasteiger partial charge in [0.25, 0.3) is 0 Å². The Morgan fingerprint density at radius 2 is 1.95 bits per heavy atom. The Morgan fingerprint density at radius 3 is 2.45 bits per heavy atom. The second-order valence-corrected chi connectivity index (χ2v) is 7.76. The van der Waals surface area contributed by atoms with Crippen molar-refractivity contribution < 1.29 is 12.6 Å². The van der Waals surface area contributed by atoms with Gasteiger partial charge in [-0.1, -0.05) is 11.8 Å². The van der Waals surface area contributed by atoms with Crippen molar-refractivity contribution in [2.45, 2.75) is 17.1 Å². The number of rotatable bonds is 5. The third-order valence-electron chi connectivity index (χ3n) is 2.63. The molecule has 0 aliphatic carbocycles. The molecule has 0 radical (unpaired) electrons. The zero-order valence-electron chi connectivity index (χ0n) is 11.4. The van der Waals surface area contributed by atoms with Crippen LogP contribution in [0.3, 0.4) is 0 Å². The largest absolute Gasteiger partial charge is 0.320 e. The van der Waals surface area contributed by atoms with Crippen LogP contribution in [0.25, 0.3) is 0 Å². The van der Waals surface area contributed by atoms with E-state index >= 15 is 0 Å². The number of benzene rings is 1. The molecule has 1 rings (SSSR count). The normalized spacial score (nSPS) is 14.2. The van der Waals surface area contributed by atoms with Gasteiger partial charge in [-0.15, -0.1) is 0 Å². The summed E-state index contributed by atoms with van der Waals surface area (Å²) < 4.78 is 37.7. The maximum atomic E-state index is 12.0. The zero-order chi connectivity index (χ0) is 15.2. The fourth-order valence-electron chi connectivity index (χ4n) is 1.30. The van der Waals surface area contributed by atoms with Crippen LogP contribution in [0.5, 0.6) is 0 Å². The average molecular weight is 314 g/mol. The third kappa shape index (κ3) is 5.06. The lowest BCUT2D eigenvalue weighted by atomic mass is 10.2. The highest BCUT2D eigenvalue weighted by molar-refractivity contribution is 7.89. The van der Waals surface area contributed by atoms with Crippen LogP contribution >= 0.6 is 0 Å². The Balaban J connectivity index is 2.80. The molecule has 7 heteroatoms. The van der Waals surface area contributed by atoms with Gasteiger partial charge >= 0.3 is 0 Å². The molecule has 0 heterocycles. The summed E-state index contributed by atoms with van der Waals surface area (Å²) in [5.74, 6) is 5.51. The molecule has 0 saturated heterocycles. The van der Waals surface area contributed by atoms with Gasteiger partial charge in [0.2, 0.25) is 10.0 Å². The summed E-state index contributed by atoms with van der Waals surface area (Å²) in [6, 6.07) is 6.21. The smallest absolute Gasteiger partial charge is 0.240 e. The van der Waals surface area contributed by atoms with Crippen LogP contribution in [-0.4, -0.2) is 37.2 Å². The molecule has 0 bridgehead atoms. The Hall–Kier alpha value is -1.20. The van der Waals surface area contributed by atoms with Gasteiger partial charge in [-0.2, -0.15) is 0 Å². The van der Waals surface area contributed by atoms with Crippen LogP contribution in [-0.2, 0) is 20.8 Å². The SMILES string of the molecule is CC(CNS(=O)(=O)c1ccc(C#CCN)cc1)S(C)=O. The summed E-state index contributed by atoms with van der Waals surface area (Å²) >= 11 is 0. The Kier molecular flexibility index (Phi) is 6.36. The van der Waals surface area contributed by atoms with Gasteiger partial charge in [-0.05, 0) is 31.2 Å². The second kappa shape index (κ2) is 7.55. The average Bonchev–Trinajstić information content (AvgIpc) is 2.43. The van der Waals surface area contributed by atoms with E-state index in [0.717, 1.165) is 0 Å². The van der Waals surface area contributed by atoms with Crippen molar-refractivity contribution >= 4 is 20.8 Å². The molecule has 0 amide bonds. The first-order chi connectivity index (χ1) is 9.36. The molecule has 0 saturated carbocycles. The van der Waals surface area contributed by atoms with Crippen molar-refractivity contribution in [3.8, 4) is 11.8 Å². The van der Waals surface area contributed by atoms with Crippen molar-refractivity contribution in [1.29, 1.82) is 0 Å². The standard InChI is InChI=1S/C13H18N2O3S2/c1-11(19(2)16)10-15-20(17,18)13-7-5-12(6-8-13)4-3-9-14/h5-8,11,15H,9-10,14H2,1-2H3. The summed E-state index contributed by atoms with van der Waals surface area (Å²) in [5, 5.41) is -0.237. The summed E-state index contributed by atoms with van der Waals surface area (Å²) in [5.41, 5.74) is 5.97. The van der Waals surface area contributed by atoms with Crippen molar-refractivity contribution in [3.63, 3.8) is 0 Å². The fraction of sp³-hybridized carbons (Fsp3) is 0.385. The number of hydrogen-bond donors (Lipinski definition) is 2. The van der Waals surface area contributed by atoms with Crippen LogP contribution in [0.1, 0.15) is 12.5 Å². The van der Waals surface area contributed by atoms with E-state index < -0.39 is 20.8 Å². The maximum Gasteiger partial charge on any atom is 0.240 e. The van der Waals surface area contributed by atoms with Gasteiger partial charge in [-0.25, -0.2) is 13.1 Å². The summed E-state index contributed by atoms with van der Waals surface area (Å²) in [7, 11) is -4.65. The Labute approximate surface area is 122 Å². The number of nitrogens with two attached hydrogens (primary N) is 1. The van der Waals surface area contributed by atoms with E-state index in [0.29, 0.717) is 5.56 Å². The summed E-state index contributed by atoms with van der Waals surface area (Å²) in [6.07, 6.45) is 1.55. The topological polar surface area (TPSA) is 89.3 Å². The first kappa shape index (κ1) is 16.9. The van der Waals surface area contributed by atoms with Crippen LogP contribution in [0, 0.1) is 11.8 Å². The third-order valence-corrected chi connectivity index (χ3v) is 5.37. The molecule has 0 aliphatic heterocycles. The molecule has 2 unspecified atom stereocenters. The van der Waals surface area contributed by atoms with E-state index in [1.54, 1.807) is 25.3 Å². The lowest BCUT2D eigenvalue weighted by molar-refractivity contribution is 0.580. The molecule has 0 aromatic heterocycles. The van der Waals surface area contributed by atoms with Crippen LogP contribution in [0.15, 0.2) is 29.2 Å². The van der Waals surface area contributed by atoms with E-state index in [4.69, 9.17) is 5.73 Å². The lowest BCUT2D eigenvalue weighted by Crippen LogP contribution is -2.32. The van der Waals surface area contributed by atoms with Gasteiger partial charge in [-0.3, -0.25) is 4.21 Å². The first-order valence-electron chi connectivity index (χ1n) is 5.97. The van der Waals surface area contributed by atoms with Crippen molar-refractivity contribution in [3.05, 3.63) is 29.8 Å². The molecule has 0 aliphatic rings. The predicted molar refractivity (Wildman–Crippen MR) is 81.1 cm³/mol. The van der Waals surface area contributed by atoms with Crippen molar-refractivity contribution in [2.75, 3.05) is 19.3 Å². The lowest BCUT2D eigenvalue weighted by Gasteiger charge is -2.10. The highest BCUT2D eigenvalue weighted by Gasteiger charge is 2.16. The summed E-state index contributed by atoms with van der Waals surface area (Å²) in [6.45, 7) is 2.12. The minimum atomic E-state index is -3.58. The number of sulfonamides is 1. The van der Waals surface area contributed by atoms with Gasteiger partial charge in [0, 0.05) is 34.4 Å². The molecule has 1 aromatic rings. The second-order valence-electron chi connectivity index (χ2n) is 4.19. The highest BCUT2D eigenvalue weighted by atomic mass is 32.2.